The maximum Gasteiger partial charge on any atom is 0.316 e. The Morgan fingerprint density at radius 3 is 2.50 bits per heavy atom. The van der Waals surface area contributed by atoms with Gasteiger partial charge in [0.25, 0.3) is 5.91 Å². The predicted octanol–water partition coefficient (Wildman–Crippen LogP) is 2.10. The van der Waals surface area contributed by atoms with Crippen LogP contribution in [0.25, 0.3) is 0 Å². The van der Waals surface area contributed by atoms with E-state index in [-0.39, 0.29) is 36.4 Å². The largest absolute Gasteiger partial charge is 0.465 e. The summed E-state index contributed by atoms with van der Waals surface area (Å²) in [7, 11) is 0. The molecule has 28 heavy (non-hydrogen) atoms. The molecule has 1 saturated heterocycles. The Balaban J connectivity index is 1.58. The molecular weight excluding hydrogens is 404 g/mol. The van der Waals surface area contributed by atoms with Crippen LogP contribution >= 0.6 is 23.1 Å². The van der Waals surface area contributed by atoms with Gasteiger partial charge in [-0.3, -0.25) is 29.4 Å². The monoisotopic (exact) mass is 420 g/mol. The van der Waals surface area contributed by atoms with E-state index in [9.17, 15) is 19.2 Å². The summed E-state index contributed by atoms with van der Waals surface area (Å²) in [6.07, 6.45) is 0.406. The zero-order valence-electron chi connectivity index (χ0n) is 14.8. The average Bonchev–Trinajstić information content (AvgIpc) is 3.26. The first-order valence-electron chi connectivity index (χ1n) is 8.37. The molecule has 1 aromatic heterocycles. The summed E-state index contributed by atoms with van der Waals surface area (Å²) in [6.45, 7) is 2.05. The molecule has 1 aromatic carbocycles. The number of aromatic nitrogens is 2. The van der Waals surface area contributed by atoms with Crippen molar-refractivity contribution in [3.63, 3.8) is 0 Å². The Morgan fingerprint density at radius 2 is 1.86 bits per heavy atom. The van der Waals surface area contributed by atoms with Crippen LogP contribution in [0.1, 0.15) is 30.1 Å². The van der Waals surface area contributed by atoms with Crippen molar-refractivity contribution in [1.29, 1.82) is 0 Å². The third-order valence-corrected chi connectivity index (χ3v) is 5.63. The van der Waals surface area contributed by atoms with E-state index in [4.69, 9.17) is 4.74 Å². The van der Waals surface area contributed by atoms with Gasteiger partial charge in [0.15, 0.2) is 4.34 Å². The number of amides is 3. The molecule has 2 aromatic rings. The number of anilines is 2. The molecule has 3 amide bonds. The topological polar surface area (TPSA) is 119 Å². The summed E-state index contributed by atoms with van der Waals surface area (Å²) in [4.78, 5) is 48.3. The molecule has 0 radical (unpaired) electrons. The van der Waals surface area contributed by atoms with E-state index >= 15 is 0 Å². The molecule has 0 atom stereocenters. The van der Waals surface area contributed by atoms with Gasteiger partial charge in [-0.25, -0.2) is 0 Å². The van der Waals surface area contributed by atoms with Gasteiger partial charge in [-0.2, -0.15) is 0 Å². The normalized spacial score (nSPS) is 13.7. The summed E-state index contributed by atoms with van der Waals surface area (Å²) in [5.41, 5.74) is 0.788. The van der Waals surface area contributed by atoms with Crippen molar-refractivity contribution >= 4 is 57.6 Å². The molecule has 3 rings (SSSR count). The predicted molar refractivity (Wildman–Crippen MR) is 103 cm³/mol. The molecule has 146 valence electrons. The number of carbonyl (C=O) groups is 4. The van der Waals surface area contributed by atoms with Crippen molar-refractivity contribution < 1.29 is 23.9 Å². The number of thioether (sulfide) groups is 1. The number of ether oxygens (including phenoxy) is 1. The van der Waals surface area contributed by atoms with E-state index in [1.807, 2.05) is 0 Å². The van der Waals surface area contributed by atoms with Crippen molar-refractivity contribution in [3.05, 3.63) is 29.8 Å². The summed E-state index contributed by atoms with van der Waals surface area (Å²) in [6, 6.07) is 6.16. The number of rotatable bonds is 7. The number of benzene rings is 1. The molecule has 1 aliphatic heterocycles. The Bertz CT molecular complexity index is 897. The standard InChI is InChI=1S/C17H16N4O5S2/c1-2-26-14(24)9-27-17-20-19-16(28-17)18-15(25)10-3-5-11(6-4-10)21-12(22)7-8-13(21)23/h3-6H,2,7-9H2,1H3,(H,18,19,25). The number of carbonyl (C=O) groups excluding carboxylic acids is 4. The van der Waals surface area contributed by atoms with Crippen LogP contribution in [0.2, 0.25) is 0 Å². The van der Waals surface area contributed by atoms with Gasteiger partial charge < -0.3 is 4.74 Å². The molecule has 1 fully saturated rings. The van der Waals surface area contributed by atoms with E-state index in [0.29, 0.717) is 27.3 Å². The highest BCUT2D eigenvalue weighted by molar-refractivity contribution is 8.01. The summed E-state index contributed by atoms with van der Waals surface area (Å²) in [5.74, 6) is -1.12. The Labute approximate surface area is 168 Å². The van der Waals surface area contributed by atoms with Gasteiger partial charge >= 0.3 is 5.97 Å². The Kier molecular flexibility index (Phi) is 6.37. The summed E-state index contributed by atoms with van der Waals surface area (Å²) < 4.78 is 5.37. The fourth-order valence-electron chi connectivity index (χ4n) is 2.44. The van der Waals surface area contributed by atoms with Crippen molar-refractivity contribution in [3.8, 4) is 0 Å². The molecule has 0 bridgehead atoms. The quantitative estimate of drug-likeness (QED) is 0.313. The first-order chi connectivity index (χ1) is 13.5. The lowest BCUT2D eigenvalue weighted by Gasteiger charge is -2.13. The number of hydrogen-bond donors (Lipinski definition) is 1. The maximum absolute atomic E-state index is 12.3. The Hall–Kier alpha value is -2.79. The van der Waals surface area contributed by atoms with Crippen LogP contribution in [-0.4, -0.2) is 46.2 Å². The molecule has 0 unspecified atom stereocenters. The number of nitrogens with one attached hydrogen (secondary N) is 1. The third kappa shape index (κ3) is 4.73. The van der Waals surface area contributed by atoms with E-state index < -0.39 is 5.91 Å². The second-order valence-corrected chi connectivity index (χ2v) is 7.79. The van der Waals surface area contributed by atoms with Gasteiger partial charge in [-0.15, -0.1) is 10.2 Å². The lowest BCUT2D eigenvalue weighted by molar-refractivity contribution is -0.139. The molecule has 0 spiro atoms. The molecule has 1 aliphatic rings. The zero-order valence-corrected chi connectivity index (χ0v) is 16.5. The van der Waals surface area contributed by atoms with E-state index in [2.05, 4.69) is 15.5 Å². The van der Waals surface area contributed by atoms with Crippen molar-refractivity contribution in [2.45, 2.75) is 24.1 Å². The van der Waals surface area contributed by atoms with E-state index in [0.717, 1.165) is 16.2 Å². The van der Waals surface area contributed by atoms with Crippen LogP contribution in [0, 0.1) is 0 Å². The van der Waals surface area contributed by atoms with Gasteiger partial charge in [0.1, 0.15) is 0 Å². The van der Waals surface area contributed by atoms with Crippen molar-refractivity contribution in [2.75, 3.05) is 22.6 Å². The molecule has 1 N–H and O–H groups in total. The smallest absolute Gasteiger partial charge is 0.316 e. The molecular formula is C17H16N4O5S2. The molecule has 9 nitrogen and oxygen atoms in total. The van der Waals surface area contributed by atoms with Crippen LogP contribution in [-0.2, 0) is 19.1 Å². The van der Waals surface area contributed by atoms with Gasteiger partial charge in [-0.05, 0) is 31.2 Å². The maximum atomic E-state index is 12.3. The number of hydrogen-bond acceptors (Lipinski definition) is 9. The van der Waals surface area contributed by atoms with Crippen LogP contribution in [0.4, 0.5) is 10.8 Å². The first kappa shape index (κ1) is 20.0. The fourth-order valence-corrected chi connectivity index (χ4v) is 3.98. The van der Waals surface area contributed by atoms with Gasteiger partial charge in [-0.1, -0.05) is 23.1 Å². The highest BCUT2D eigenvalue weighted by Crippen LogP contribution is 2.26. The molecule has 2 heterocycles. The molecule has 11 heteroatoms. The van der Waals surface area contributed by atoms with Crippen LogP contribution in [0.15, 0.2) is 28.6 Å². The SMILES string of the molecule is CCOC(=O)CSc1nnc(NC(=O)c2ccc(N3C(=O)CCC3=O)cc2)s1. The zero-order chi connectivity index (χ0) is 20.1. The van der Waals surface area contributed by atoms with Crippen LogP contribution in [0.3, 0.4) is 0 Å². The van der Waals surface area contributed by atoms with Crippen LogP contribution < -0.4 is 10.2 Å². The van der Waals surface area contributed by atoms with Crippen molar-refractivity contribution in [1.82, 2.24) is 10.2 Å². The molecule has 0 aliphatic carbocycles. The third-order valence-electron chi connectivity index (χ3n) is 3.68. The number of nitrogens with zero attached hydrogens (tertiary/aromatic N) is 3. The minimum atomic E-state index is -0.399. The van der Waals surface area contributed by atoms with E-state index in [1.165, 1.54) is 23.9 Å². The lowest BCUT2D eigenvalue weighted by atomic mass is 10.2. The number of esters is 1. The van der Waals surface area contributed by atoms with Crippen molar-refractivity contribution in [2.24, 2.45) is 0 Å². The van der Waals surface area contributed by atoms with E-state index in [1.54, 1.807) is 19.1 Å². The summed E-state index contributed by atoms with van der Waals surface area (Å²) in [5, 5.41) is 10.7. The molecule has 0 saturated carbocycles. The highest BCUT2D eigenvalue weighted by atomic mass is 32.2. The minimum absolute atomic E-state index is 0.117. The second-order valence-electron chi connectivity index (χ2n) is 5.59. The van der Waals surface area contributed by atoms with Crippen LogP contribution in [0.5, 0.6) is 0 Å². The Morgan fingerprint density at radius 1 is 1.18 bits per heavy atom. The van der Waals surface area contributed by atoms with Gasteiger partial charge in [0, 0.05) is 18.4 Å². The number of imide groups is 1. The highest BCUT2D eigenvalue weighted by Gasteiger charge is 2.30. The fraction of sp³-hybridized carbons (Fsp3) is 0.294. The van der Waals surface area contributed by atoms with Gasteiger partial charge in [0.05, 0.1) is 18.0 Å². The lowest BCUT2D eigenvalue weighted by Crippen LogP contribution is -2.28. The average molecular weight is 420 g/mol. The minimum Gasteiger partial charge on any atom is -0.465 e. The second kappa shape index (κ2) is 8.93. The van der Waals surface area contributed by atoms with Gasteiger partial charge in [0.2, 0.25) is 16.9 Å². The first-order valence-corrected chi connectivity index (χ1v) is 10.2. The summed E-state index contributed by atoms with van der Waals surface area (Å²) >= 11 is 2.32.